The van der Waals surface area contributed by atoms with Crippen LogP contribution < -0.4 is 0 Å². The maximum absolute atomic E-state index is 11.8. The molecule has 0 spiro atoms. The third-order valence-corrected chi connectivity index (χ3v) is 6.45. The fourth-order valence-corrected chi connectivity index (χ4v) is 4.28. The fraction of sp³-hybridized carbons (Fsp3) is 0.125. The Kier molecular flexibility index (Phi) is 5.96. The number of hydrogen-bond acceptors (Lipinski definition) is 4. The van der Waals surface area contributed by atoms with Crippen LogP contribution in [0.2, 0.25) is 5.02 Å². The van der Waals surface area contributed by atoms with Crippen molar-refractivity contribution in [3.05, 3.63) is 95.1 Å². The summed E-state index contributed by atoms with van der Waals surface area (Å²) in [4.78, 5) is 0.246. The van der Waals surface area contributed by atoms with Crippen LogP contribution in [0.25, 0.3) is 22.4 Å². The summed E-state index contributed by atoms with van der Waals surface area (Å²) in [6.45, 7) is 0.304. The maximum atomic E-state index is 11.8. The van der Waals surface area contributed by atoms with E-state index in [4.69, 9.17) is 16.7 Å². The number of benzene rings is 3. The van der Waals surface area contributed by atoms with Gasteiger partial charge in [0.05, 0.1) is 23.7 Å². The van der Waals surface area contributed by atoms with Gasteiger partial charge in [-0.2, -0.15) is 5.10 Å². The van der Waals surface area contributed by atoms with E-state index in [1.54, 1.807) is 41.1 Å². The number of hydrogen-bond donors (Lipinski definition) is 1. The molecule has 0 unspecified atom stereocenters. The van der Waals surface area contributed by atoms with E-state index in [1.165, 1.54) is 6.26 Å². The molecule has 0 saturated carbocycles. The van der Waals surface area contributed by atoms with Crippen LogP contribution in [0.5, 0.6) is 0 Å². The molecule has 0 amide bonds. The van der Waals surface area contributed by atoms with Gasteiger partial charge in [-0.3, -0.25) is 4.68 Å². The van der Waals surface area contributed by atoms with Crippen LogP contribution >= 0.6 is 11.6 Å². The van der Waals surface area contributed by atoms with E-state index in [0.29, 0.717) is 23.0 Å². The van der Waals surface area contributed by atoms with E-state index in [-0.39, 0.29) is 11.5 Å². The Morgan fingerprint density at radius 3 is 2.10 bits per heavy atom. The van der Waals surface area contributed by atoms with Crippen molar-refractivity contribution in [3.8, 4) is 22.4 Å². The smallest absolute Gasteiger partial charge is 0.175 e. The molecular weight excluding hydrogens is 432 g/mol. The van der Waals surface area contributed by atoms with Gasteiger partial charge in [-0.15, -0.1) is 0 Å². The average Bonchev–Trinajstić information content (AvgIpc) is 3.12. The van der Waals surface area contributed by atoms with Crippen molar-refractivity contribution in [1.29, 1.82) is 0 Å². The first-order valence-electron chi connectivity index (χ1n) is 9.67. The topological polar surface area (TPSA) is 72.2 Å². The van der Waals surface area contributed by atoms with Gasteiger partial charge in [0.1, 0.15) is 5.69 Å². The molecule has 0 atom stereocenters. The molecular formula is C24H21ClN2O3S. The van der Waals surface area contributed by atoms with E-state index in [1.807, 2.05) is 42.5 Å². The SMILES string of the molecule is CS(=O)(=O)c1ccc(-c2nn(Cc3ccccc3)c(CO)c2-c2ccc(Cl)cc2)cc1. The first-order valence-corrected chi connectivity index (χ1v) is 11.9. The monoisotopic (exact) mass is 452 g/mol. The highest BCUT2D eigenvalue weighted by Crippen LogP contribution is 2.36. The second kappa shape index (κ2) is 8.67. The molecule has 0 fully saturated rings. The zero-order valence-electron chi connectivity index (χ0n) is 16.9. The predicted molar refractivity (Wildman–Crippen MR) is 123 cm³/mol. The number of rotatable bonds is 6. The van der Waals surface area contributed by atoms with Gasteiger partial charge in [0.2, 0.25) is 0 Å². The van der Waals surface area contributed by atoms with Crippen LogP contribution in [0.3, 0.4) is 0 Å². The molecule has 0 bridgehead atoms. The molecule has 3 aromatic carbocycles. The van der Waals surface area contributed by atoms with E-state index in [0.717, 1.165) is 22.3 Å². The zero-order valence-corrected chi connectivity index (χ0v) is 18.4. The molecule has 1 aromatic heterocycles. The highest BCUT2D eigenvalue weighted by molar-refractivity contribution is 7.90. The van der Waals surface area contributed by atoms with Crippen molar-refractivity contribution >= 4 is 21.4 Å². The Hall–Kier alpha value is -2.93. The summed E-state index contributed by atoms with van der Waals surface area (Å²) in [6.07, 6.45) is 1.18. The normalized spacial score (nSPS) is 11.6. The highest BCUT2D eigenvalue weighted by Gasteiger charge is 2.21. The maximum Gasteiger partial charge on any atom is 0.175 e. The molecule has 158 valence electrons. The Morgan fingerprint density at radius 1 is 0.903 bits per heavy atom. The summed E-state index contributed by atoms with van der Waals surface area (Å²) in [5.41, 5.74) is 4.83. The van der Waals surface area contributed by atoms with Crippen molar-refractivity contribution in [2.75, 3.05) is 6.26 Å². The molecule has 4 rings (SSSR count). The number of nitrogens with zero attached hydrogens (tertiary/aromatic N) is 2. The quantitative estimate of drug-likeness (QED) is 0.455. The second-order valence-electron chi connectivity index (χ2n) is 7.28. The molecule has 1 heterocycles. The predicted octanol–water partition coefficient (Wildman–Crippen LogP) is 4.81. The number of aromatic nitrogens is 2. The third-order valence-electron chi connectivity index (χ3n) is 5.07. The van der Waals surface area contributed by atoms with E-state index < -0.39 is 9.84 Å². The first kappa shape index (κ1) is 21.3. The molecule has 4 aromatic rings. The fourth-order valence-electron chi connectivity index (χ4n) is 3.53. The number of halogens is 1. The molecule has 0 aliphatic rings. The van der Waals surface area contributed by atoms with Gasteiger partial charge in [-0.05, 0) is 35.4 Å². The second-order valence-corrected chi connectivity index (χ2v) is 9.73. The largest absolute Gasteiger partial charge is 0.390 e. The van der Waals surface area contributed by atoms with Crippen LogP contribution in [-0.2, 0) is 23.0 Å². The number of aliphatic hydroxyl groups is 1. The molecule has 7 heteroatoms. The van der Waals surface area contributed by atoms with Gasteiger partial charge in [-0.1, -0.05) is 66.2 Å². The van der Waals surface area contributed by atoms with Gasteiger partial charge >= 0.3 is 0 Å². The van der Waals surface area contributed by atoms with Crippen molar-refractivity contribution in [1.82, 2.24) is 9.78 Å². The summed E-state index contributed by atoms with van der Waals surface area (Å²) in [7, 11) is -3.30. The van der Waals surface area contributed by atoms with E-state index in [2.05, 4.69) is 0 Å². The lowest BCUT2D eigenvalue weighted by molar-refractivity contribution is 0.269. The Balaban J connectivity index is 1.89. The minimum Gasteiger partial charge on any atom is -0.390 e. The van der Waals surface area contributed by atoms with Gasteiger partial charge in [0, 0.05) is 22.4 Å². The van der Waals surface area contributed by atoms with Crippen LogP contribution in [0.4, 0.5) is 0 Å². The van der Waals surface area contributed by atoms with Crippen LogP contribution in [0.1, 0.15) is 11.3 Å². The third kappa shape index (κ3) is 4.56. The Bertz CT molecular complexity index is 1300. The molecule has 5 nitrogen and oxygen atoms in total. The van der Waals surface area contributed by atoms with Gasteiger partial charge in [-0.25, -0.2) is 8.42 Å². The molecule has 0 aliphatic carbocycles. The molecule has 0 saturated heterocycles. The minimum atomic E-state index is -3.30. The standard InChI is InChI=1S/C24H21ClN2O3S/c1-31(29,30)21-13-9-19(10-14-21)24-23(18-7-11-20(25)12-8-18)22(16-28)27(26-24)15-17-5-3-2-4-6-17/h2-14,28H,15-16H2,1H3. The van der Waals surface area contributed by atoms with Crippen LogP contribution in [0, 0.1) is 0 Å². The zero-order chi connectivity index (χ0) is 22.0. The Morgan fingerprint density at radius 2 is 1.52 bits per heavy atom. The van der Waals surface area contributed by atoms with Crippen molar-refractivity contribution in [2.45, 2.75) is 18.0 Å². The van der Waals surface area contributed by atoms with Gasteiger partial charge in [0.15, 0.2) is 9.84 Å². The molecule has 1 N–H and O–H groups in total. The van der Waals surface area contributed by atoms with Crippen LogP contribution in [0.15, 0.2) is 83.8 Å². The van der Waals surface area contributed by atoms with Crippen molar-refractivity contribution in [2.24, 2.45) is 0 Å². The average molecular weight is 453 g/mol. The number of sulfone groups is 1. The molecule has 0 radical (unpaired) electrons. The molecule has 31 heavy (non-hydrogen) atoms. The minimum absolute atomic E-state index is 0.195. The summed E-state index contributed by atoms with van der Waals surface area (Å²) < 4.78 is 25.5. The lowest BCUT2D eigenvalue weighted by Crippen LogP contribution is -2.06. The summed E-state index contributed by atoms with van der Waals surface area (Å²) in [5.74, 6) is 0. The first-order chi connectivity index (χ1) is 14.9. The highest BCUT2D eigenvalue weighted by atomic mass is 35.5. The summed E-state index contributed by atoms with van der Waals surface area (Å²) >= 11 is 6.08. The van der Waals surface area contributed by atoms with Crippen molar-refractivity contribution in [3.63, 3.8) is 0 Å². The number of aliphatic hydroxyl groups excluding tert-OH is 1. The lowest BCUT2D eigenvalue weighted by Gasteiger charge is -2.08. The Labute approximate surface area is 186 Å². The van der Waals surface area contributed by atoms with Crippen LogP contribution in [-0.4, -0.2) is 29.6 Å². The summed E-state index contributed by atoms with van der Waals surface area (Å²) in [5, 5.41) is 15.7. The van der Waals surface area contributed by atoms with E-state index in [9.17, 15) is 13.5 Å². The van der Waals surface area contributed by atoms with Gasteiger partial charge < -0.3 is 5.11 Å². The van der Waals surface area contributed by atoms with Crippen molar-refractivity contribution < 1.29 is 13.5 Å². The molecule has 0 aliphatic heterocycles. The lowest BCUT2D eigenvalue weighted by atomic mass is 9.99. The van der Waals surface area contributed by atoms with E-state index >= 15 is 0 Å². The van der Waals surface area contributed by atoms with Gasteiger partial charge in [0.25, 0.3) is 0 Å². The summed E-state index contributed by atoms with van der Waals surface area (Å²) in [6, 6.07) is 23.9.